The van der Waals surface area contributed by atoms with Crippen molar-refractivity contribution in [2.24, 2.45) is 4.99 Å². The van der Waals surface area contributed by atoms with Gasteiger partial charge in [0.25, 0.3) is 0 Å². The standard InChI is InChI=1S/C25H17ClN2O3/c1-15-2-10-24-21(12-15)28-25(31-24)20-9-7-18(13-22(20)29)27-14-19-8-11-23(30-19)16-3-5-17(26)6-4-16/h2-14,29H,1H3. The minimum Gasteiger partial charge on any atom is -0.507 e. The third kappa shape index (κ3) is 3.96. The molecule has 0 spiro atoms. The molecule has 31 heavy (non-hydrogen) atoms. The molecule has 0 atom stereocenters. The number of rotatable bonds is 4. The van der Waals surface area contributed by atoms with Crippen LogP contribution in [0.3, 0.4) is 0 Å². The van der Waals surface area contributed by atoms with E-state index in [1.807, 2.05) is 61.5 Å². The highest BCUT2D eigenvalue weighted by atomic mass is 35.5. The molecule has 2 aromatic heterocycles. The van der Waals surface area contributed by atoms with Crippen molar-refractivity contribution in [1.29, 1.82) is 0 Å². The van der Waals surface area contributed by atoms with E-state index in [0.29, 0.717) is 33.5 Å². The fourth-order valence-electron chi connectivity index (χ4n) is 3.26. The highest BCUT2D eigenvalue weighted by Gasteiger charge is 2.13. The Bertz CT molecular complexity index is 1410. The topological polar surface area (TPSA) is 71.8 Å². The number of halogens is 1. The molecular formula is C25H17ClN2O3. The Morgan fingerprint density at radius 3 is 2.58 bits per heavy atom. The molecule has 3 aromatic carbocycles. The van der Waals surface area contributed by atoms with Crippen molar-refractivity contribution in [3.63, 3.8) is 0 Å². The van der Waals surface area contributed by atoms with Gasteiger partial charge in [0.05, 0.1) is 17.5 Å². The molecule has 1 N–H and O–H groups in total. The van der Waals surface area contributed by atoms with Gasteiger partial charge in [0.2, 0.25) is 5.89 Å². The number of aromatic hydroxyl groups is 1. The van der Waals surface area contributed by atoms with E-state index in [1.54, 1.807) is 24.4 Å². The Labute approximate surface area is 183 Å². The molecule has 0 unspecified atom stereocenters. The van der Waals surface area contributed by atoms with Crippen molar-refractivity contribution in [2.45, 2.75) is 6.92 Å². The maximum atomic E-state index is 10.5. The number of benzene rings is 3. The van der Waals surface area contributed by atoms with E-state index >= 15 is 0 Å². The van der Waals surface area contributed by atoms with Crippen molar-refractivity contribution < 1.29 is 13.9 Å². The van der Waals surface area contributed by atoms with Crippen LogP contribution in [0.5, 0.6) is 5.75 Å². The lowest BCUT2D eigenvalue weighted by Crippen LogP contribution is -1.80. The van der Waals surface area contributed by atoms with E-state index in [0.717, 1.165) is 22.4 Å². The van der Waals surface area contributed by atoms with E-state index in [2.05, 4.69) is 9.98 Å². The highest BCUT2D eigenvalue weighted by molar-refractivity contribution is 6.30. The lowest BCUT2D eigenvalue weighted by molar-refractivity contribution is 0.474. The molecule has 5 nitrogen and oxygen atoms in total. The molecule has 0 amide bonds. The van der Waals surface area contributed by atoms with Crippen molar-refractivity contribution in [1.82, 2.24) is 4.98 Å². The smallest absolute Gasteiger partial charge is 0.231 e. The van der Waals surface area contributed by atoms with Crippen LogP contribution in [0.15, 0.2) is 86.6 Å². The number of hydrogen-bond acceptors (Lipinski definition) is 5. The second-order valence-corrected chi connectivity index (χ2v) is 7.60. The molecule has 0 bridgehead atoms. The lowest BCUT2D eigenvalue weighted by Gasteiger charge is -2.01. The highest BCUT2D eigenvalue weighted by Crippen LogP contribution is 2.34. The normalized spacial score (nSPS) is 11.5. The zero-order valence-electron chi connectivity index (χ0n) is 16.5. The number of aromatic nitrogens is 1. The van der Waals surface area contributed by atoms with Gasteiger partial charge in [-0.25, -0.2) is 4.98 Å². The Kier molecular flexibility index (Phi) is 4.81. The van der Waals surface area contributed by atoms with Crippen molar-refractivity contribution in [2.75, 3.05) is 0 Å². The predicted octanol–water partition coefficient (Wildman–Crippen LogP) is 7.17. The van der Waals surface area contributed by atoms with Crippen LogP contribution in [0, 0.1) is 6.92 Å². The minimum absolute atomic E-state index is 0.0410. The van der Waals surface area contributed by atoms with Crippen LogP contribution in [0.2, 0.25) is 5.02 Å². The van der Waals surface area contributed by atoms with E-state index in [9.17, 15) is 5.11 Å². The van der Waals surface area contributed by atoms with Crippen LogP contribution < -0.4 is 0 Å². The number of fused-ring (bicyclic) bond motifs is 1. The molecular weight excluding hydrogens is 412 g/mol. The number of oxazole rings is 1. The van der Waals surface area contributed by atoms with Crippen LogP contribution in [-0.4, -0.2) is 16.3 Å². The van der Waals surface area contributed by atoms with Crippen LogP contribution >= 0.6 is 11.6 Å². The number of hydrogen-bond donors (Lipinski definition) is 1. The van der Waals surface area contributed by atoms with Gasteiger partial charge < -0.3 is 13.9 Å². The summed E-state index contributed by atoms with van der Waals surface area (Å²) in [7, 11) is 0. The fraction of sp³-hybridized carbons (Fsp3) is 0.0400. The van der Waals surface area contributed by atoms with Crippen molar-refractivity contribution in [3.8, 4) is 28.5 Å². The Hall–Kier alpha value is -3.83. The molecule has 6 heteroatoms. The van der Waals surface area contributed by atoms with Crippen LogP contribution in [-0.2, 0) is 0 Å². The predicted molar refractivity (Wildman–Crippen MR) is 122 cm³/mol. The van der Waals surface area contributed by atoms with E-state index in [4.69, 9.17) is 20.4 Å². The summed E-state index contributed by atoms with van der Waals surface area (Å²) < 4.78 is 11.6. The largest absolute Gasteiger partial charge is 0.507 e. The van der Waals surface area contributed by atoms with Gasteiger partial charge in [0.15, 0.2) is 5.58 Å². The van der Waals surface area contributed by atoms with Gasteiger partial charge in [0, 0.05) is 16.7 Å². The molecule has 5 aromatic rings. The quantitative estimate of drug-likeness (QED) is 0.308. The number of aryl methyl sites for hydroxylation is 1. The average molecular weight is 429 g/mol. The molecule has 0 saturated heterocycles. The first-order valence-corrected chi connectivity index (χ1v) is 10.0. The summed E-state index contributed by atoms with van der Waals surface area (Å²) in [5, 5.41) is 11.2. The summed E-state index contributed by atoms with van der Waals surface area (Å²) in [6, 6.07) is 22.0. The van der Waals surface area contributed by atoms with Gasteiger partial charge in [-0.15, -0.1) is 0 Å². The first-order valence-electron chi connectivity index (χ1n) is 9.65. The lowest BCUT2D eigenvalue weighted by atomic mass is 10.2. The van der Waals surface area contributed by atoms with Gasteiger partial charge in [-0.3, -0.25) is 4.99 Å². The second kappa shape index (κ2) is 7.78. The zero-order valence-corrected chi connectivity index (χ0v) is 17.3. The monoisotopic (exact) mass is 428 g/mol. The molecule has 0 fully saturated rings. The van der Waals surface area contributed by atoms with Gasteiger partial charge in [-0.2, -0.15) is 0 Å². The molecule has 0 aliphatic rings. The number of aliphatic imine (C=N–C) groups is 1. The van der Waals surface area contributed by atoms with Crippen LogP contribution in [0.1, 0.15) is 11.3 Å². The first kappa shape index (κ1) is 19.2. The first-order chi connectivity index (χ1) is 15.0. The fourth-order valence-corrected chi connectivity index (χ4v) is 3.39. The molecule has 0 saturated carbocycles. The Morgan fingerprint density at radius 2 is 1.77 bits per heavy atom. The second-order valence-electron chi connectivity index (χ2n) is 7.16. The van der Waals surface area contributed by atoms with Gasteiger partial charge in [0.1, 0.15) is 22.8 Å². The van der Waals surface area contributed by atoms with Gasteiger partial charge >= 0.3 is 0 Å². The van der Waals surface area contributed by atoms with E-state index in [-0.39, 0.29) is 5.75 Å². The third-order valence-corrected chi connectivity index (χ3v) is 5.10. The molecule has 0 aliphatic carbocycles. The molecule has 5 rings (SSSR count). The zero-order chi connectivity index (χ0) is 21.4. The molecule has 152 valence electrons. The molecule has 2 heterocycles. The number of furan rings is 1. The summed E-state index contributed by atoms with van der Waals surface area (Å²) in [6.07, 6.45) is 1.61. The maximum absolute atomic E-state index is 10.5. The van der Waals surface area contributed by atoms with E-state index in [1.165, 1.54) is 0 Å². The summed E-state index contributed by atoms with van der Waals surface area (Å²) >= 11 is 5.93. The Morgan fingerprint density at radius 1 is 0.935 bits per heavy atom. The Balaban J connectivity index is 1.37. The summed E-state index contributed by atoms with van der Waals surface area (Å²) in [5.41, 5.74) is 4.55. The minimum atomic E-state index is 0.0410. The van der Waals surface area contributed by atoms with Crippen molar-refractivity contribution >= 4 is 34.6 Å². The summed E-state index contributed by atoms with van der Waals surface area (Å²) in [5.74, 6) is 1.73. The van der Waals surface area contributed by atoms with Gasteiger partial charge in [-0.1, -0.05) is 17.7 Å². The maximum Gasteiger partial charge on any atom is 0.231 e. The molecule has 0 radical (unpaired) electrons. The SMILES string of the molecule is Cc1ccc2oc(-c3ccc(N=Cc4ccc(-c5ccc(Cl)cc5)o4)cc3O)nc2c1. The average Bonchev–Trinajstić information content (AvgIpc) is 3.39. The third-order valence-electron chi connectivity index (χ3n) is 4.85. The van der Waals surface area contributed by atoms with Crippen LogP contribution in [0.25, 0.3) is 33.9 Å². The summed E-state index contributed by atoms with van der Waals surface area (Å²) in [6.45, 7) is 2.00. The number of phenols is 1. The van der Waals surface area contributed by atoms with E-state index < -0.39 is 0 Å². The molecule has 0 aliphatic heterocycles. The van der Waals surface area contributed by atoms with Crippen LogP contribution in [0.4, 0.5) is 5.69 Å². The van der Waals surface area contributed by atoms with Gasteiger partial charge in [-0.05, 0) is 73.2 Å². The van der Waals surface area contributed by atoms with Crippen molar-refractivity contribution in [3.05, 3.63) is 89.1 Å². The number of phenolic OH excluding ortho intramolecular Hbond substituents is 1. The summed E-state index contributed by atoms with van der Waals surface area (Å²) in [4.78, 5) is 8.87. The number of nitrogens with zero attached hydrogens (tertiary/aromatic N) is 2.